The molecule has 0 spiro atoms. The molecule has 0 aliphatic rings. The minimum Gasteiger partial charge on any atom is -0.467 e. The molecule has 0 saturated heterocycles. The predicted octanol–water partition coefficient (Wildman–Crippen LogP) is 1.56. The van der Waals surface area contributed by atoms with E-state index in [4.69, 9.17) is 16.3 Å². The first-order valence-corrected chi connectivity index (χ1v) is 5.22. The molecular weight excluding hydrogens is 238 g/mol. The summed E-state index contributed by atoms with van der Waals surface area (Å²) < 4.78 is 4.79. The summed E-state index contributed by atoms with van der Waals surface area (Å²) >= 11 is 7.29. The lowest BCUT2D eigenvalue weighted by Gasteiger charge is -1.99. The number of nitrogens with zero attached hydrogens (tertiary/aromatic N) is 2. The summed E-state index contributed by atoms with van der Waals surface area (Å²) in [6, 6.07) is 1.76. The molecule has 0 bridgehead atoms. The molecule has 0 radical (unpaired) electrons. The monoisotopic (exact) mass is 243 g/mol. The van der Waals surface area contributed by atoms with Gasteiger partial charge in [-0.25, -0.2) is 4.79 Å². The van der Waals surface area contributed by atoms with Crippen LogP contribution < -0.4 is 10.4 Å². The first-order valence-electron chi connectivity index (χ1n) is 3.96. The first kappa shape index (κ1) is 10.1. The fourth-order valence-corrected chi connectivity index (χ4v) is 2.12. The molecule has 2 heterocycles. The lowest BCUT2D eigenvalue weighted by Crippen LogP contribution is -2.13. The Hall–Kier alpha value is -1.40. The molecule has 0 unspecified atom stereocenters. The van der Waals surface area contributed by atoms with E-state index in [1.54, 1.807) is 6.07 Å². The van der Waals surface area contributed by atoms with Crippen molar-refractivity contribution in [3.63, 3.8) is 0 Å². The number of methoxy groups -OCH3 is 1. The Labute approximate surface area is 93.7 Å². The van der Waals surface area contributed by atoms with Crippen molar-refractivity contribution >= 4 is 22.9 Å². The molecule has 5 nitrogen and oxygen atoms in total. The van der Waals surface area contributed by atoms with E-state index in [1.807, 2.05) is 5.38 Å². The van der Waals surface area contributed by atoms with E-state index in [9.17, 15) is 4.79 Å². The Morgan fingerprint density at radius 1 is 1.53 bits per heavy atom. The second-order valence-corrected chi connectivity index (χ2v) is 3.91. The second kappa shape index (κ2) is 4.00. The quantitative estimate of drug-likeness (QED) is 0.869. The van der Waals surface area contributed by atoms with Gasteiger partial charge < -0.3 is 4.74 Å². The van der Waals surface area contributed by atoms with Crippen molar-refractivity contribution in [3.05, 3.63) is 27.0 Å². The number of H-pyrrole nitrogens is 1. The molecule has 2 rings (SSSR count). The largest absolute Gasteiger partial charge is 0.467 e. The molecule has 0 atom stereocenters. The number of rotatable bonds is 2. The fourth-order valence-electron chi connectivity index (χ4n) is 1.03. The highest BCUT2D eigenvalue weighted by molar-refractivity contribution is 7.14. The lowest BCUT2D eigenvalue weighted by atomic mass is 10.4. The maximum absolute atomic E-state index is 11.2. The SMILES string of the molecule is COc1nc(-c2sccc2Cl)[nH]c(=O)n1. The van der Waals surface area contributed by atoms with Gasteiger partial charge in [-0.2, -0.15) is 4.98 Å². The van der Waals surface area contributed by atoms with Gasteiger partial charge in [-0.3, -0.25) is 4.98 Å². The van der Waals surface area contributed by atoms with E-state index in [1.165, 1.54) is 18.4 Å². The molecule has 2 aromatic rings. The maximum atomic E-state index is 11.2. The van der Waals surface area contributed by atoms with Crippen LogP contribution >= 0.6 is 22.9 Å². The van der Waals surface area contributed by atoms with Gasteiger partial charge in [0.25, 0.3) is 0 Å². The Kier molecular flexibility index (Phi) is 2.70. The zero-order valence-electron chi connectivity index (χ0n) is 7.65. The van der Waals surface area contributed by atoms with Crippen LogP contribution in [0.4, 0.5) is 0 Å². The van der Waals surface area contributed by atoms with Crippen LogP contribution in [0, 0.1) is 0 Å². The first-order chi connectivity index (χ1) is 7.20. The van der Waals surface area contributed by atoms with Gasteiger partial charge in [-0.05, 0) is 11.4 Å². The van der Waals surface area contributed by atoms with E-state index < -0.39 is 5.69 Å². The van der Waals surface area contributed by atoms with Gasteiger partial charge in [0.05, 0.1) is 17.0 Å². The van der Waals surface area contributed by atoms with Crippen LogP contribution in [0.5, 0.6) is 6.01 Å². The Morgan fingerprint density at radius 2 is 2.33 bits per heavy atom. The molecule has 0 aliphatic carbocycles. The van der Waals surface area contributed by atoms with Crippen LogP contribution in [-0.4, -0.2) is 22.1 Å². The summed E-state index contributed by atoms with van der Waals surface area (Å²) in [6.07, 6.45) is 0. The molecule has 15 heavy (non-hydrogen) atoms. The van der Waals surface area contributed by atoms with E-state index in [2.05, 4.69) is 15.0 Å². The standard InChI is InChI=1S/C8H6ClN3O2S/c1-14-8-11-6(10-7(13)12-8)5-4(9)2-3-15-5/h2-3H,1H3,(H,10,11,12,13). The summed E-state index contributed by atoms with van der Waals surface area (Å²) in [5.41, 5.74) is -0.513. The van der Waals surface area contributed by atoms with Crippen molar-refractivity contribution < 1.29 is 4.74 Å². The van der Waals surface area contributed by atoms with Crippen LogP contribution in [0.1, 0.15) is 0 Å². The summed E-state index contributed by atoms with van der Waals surface area (Å²) in [5.74, 6) is 0.367. The number of aromatic nitrogens is 3. The molecule has 0 aliphatic heterocycles. The third kappa shape index (κ3) is 2.00. The second-order valence-electron chi connectivity index (χ2n) is 2.59. The normalized spacial score (nSPS) is 10.3. The summed E-state index contributed by atoms with van der Waals surface area (Å²) in [4.78, 5) is 21.8. The number of ether oxygens (including phenoxy) is 1. The zero-order valence-corrected chi connectivity index (χ0v) is 9.22. The van der Waals surface area contributed by atoms with Crippen LogP contribution in [-0.2, 0) is 0 Å². The van der Waals surface area contributed by atoms with Gasteiger partial charge in [0, 0.05) is 0 Å². The molecule has 2 aromatic heterocycles. The Morgan fingerprint density at radius 3 is 2.93 bits per heavy atom. The van der Waals surface area contributed by atoms with Crippen molar-refractivity contribution in [2.45, 2.75) is 0 Å². The van der Waals surface area contributed by atoms with E-state index in [-0.39, 0.29) is 6.01 Å². The molecule has 0 aromatic carbocycles. The van der Waals surface area contributed by atoms with Gasteiger partial charge >= 0.3 is 11.7 Å². The number of thiophene rings is 1. The Bertz CT molecular complexity index is 537. The molecule has 0 saturated carbocycles. The highest BCUT2D eigenvalue weighted by Crippen LogP contribution is 2.30. The third-order valence-electron chi connectivity index (χ3n) is 1.64. The van der Waals surface area contributed by atoms with Crippen LogP contribution in [0.3, 0.4) is 0 Å². The number of halogens is 1. The van der Waals surface area contributed by atoms with Crippen molar-refractivity contribution in [1.82, 2.24) is 15.0 Å². The number of hydrogen-bond donors (Lipinski definition) is 1. The van der Waals surface area contributed by atoms with Crippen molar-refractivity contribution in [2.75, 3.05) is 7.11 Å². The zero-order chi connectivity index (χ0) is 10.8. The molecule has 0 fully saturated rings. The predicted molar refractivity (Wildman–Crippen MR) is 57.5 cm³/mol. The maximum Gasteiger partial charge on any atom is 0.351 e. The van der Waals surface area contributed by atoms with Crippen molar-refractivity contribution in [1.29, 1.82) is 0 Å². The topological polar surface area (TPSA) is 67.9 Å². The molecule has 0 amide bonds. The van der Waals surface area contributed by atoms with Gasteiger partial charge in [0.15, 0.2) is 5.82 Å². The molecular formula is C8H6ClN3O2S. The Balaban J connectivity index is 2.58. The van der Waals surface area contributed by atoms with Crippen molar-refractivity contribution in [3.8, 4) is 16.7 Å². The van der Waals surface area contributed by atoms with Crippen LogP contribution in [0.2, 0.25) is 5.02 Å². The van der Waals surface area contributed by atoms with Gasteiger partial charge in [-0.1, -0.05) is 11.6 Å². The number of aromatic amines is 1. The molecule has 78 valence electrons. The summed E-state index contributed by atoms with van der Waals surface area (Å²) in [6.45, 7) is 0. The summed E-state index contributed by atoms with van der Waals surface area (Å²) in [7, 11) is 1.40. The smallest absolute Gasteiger partial charge is 0.351 e. The number of nitrogens with one attached hydrogen (secondary N) is 1. The van der Waals surface area contributed by atoms with E-state index in [0.717, 1.165) is 0 Å². The van der Waals surface area contributed by atoms with E-state index in [0.29, 0.717) is 15.7 Å². The molecule has 1 N–H and O–H groups in total. The average molecular weight is 244 g/mol. The van der Waals surface area contributed by atoms with Gasteiger partial charge in [-0.15, -0.1) is 16.3 Å². The average Bonchev–Trinajstić information content (AvgIpc) is 2.63. The van der Waals surface area contributed by atoms with E-state index >= 15 is 0 Å². The minimum absolute atomic E-state index is 0.0261. The van der Waals surface area contributed by atoms with Crippen LogP contribution in [0.25, 0.3) is 10.7 Å². The summed E-state index contributed by atoms with van der Waals surface area (Å²) in [5, 5.41) is 2.35. The van der Waals surface area contributed by atoms with Gasteiger partial charge in [0.1, 0.15) is 0 Å². The van der Waals surface area contributed by atoms with Crippen LogP contribution in [0.15, 0.2) is 16.2 Å². The fraction of sp³-hybridized carbons (Fsp3) is 0.125. The number of hydrogen-bond acceptors (Lipinski definition) is 5. The highest BCUT2D eigenvalue weighted by atomic mass is 35.5. The third-order valence-corrected chi connectivity index (χ3v) is 2.99. The van der Waals surface area contributed by atoms with Crippen molar-refractivity contribution in [2.24, 2.45) is 0 Å². The lowest BCUT2D eigenvalue weighted by molar-refractivity contribution is 0.377. The highest BCUT2D eigenvalue weighted by Gasteiger charge is 2.10. The molecule has 7 heteroatoms. The van der Waals surface area contributed by atoms with Gasteiger partial charge in [0.2, 0.25) is 0 Å². The minimum atomic E-state index is -0.513.